The quantitative estimate of drug-likeness (QED) is 0.697. The highest BCUT2D eigenvalue weighted by Crippen LogP contribution is 2.09. The van der Waals surface area contributed by atoms with Crippen LogP contribution in [0.5, 0.6) is 0 Å². The maximum atomic E-state index is 11.8. The third-order valence-corrected chi connectivity index (χ3v) is 4.47. The molecule has 0 aromatic carbocycles. The maximum absolute atomic E-state index is 11.8. The predicted octanol–water partition coefficient (Wildman–Crippen LogP) is 0.0532. The molecular formula is C10H22N2O3S. The van der Waals surface area contributed by atoms with E-state index in [0.717, 1.165) is 6.42 Å². The molecule has 0 saturated carbocycles. The van der Waals surface area contributed by atoms with E-state index < -0.39 is 26.5 Å². The number of carbonyl (C=O) groups excluding carboxylic acids is 1. The second-order valence-corrected chi connectivity index (χ2v) is 7.05. The van der Waals surface area contributed by atoms with Gasteiger partial charge >= 0.3 is 0 Å². The lowest BCUT2D eigenvalue weighted by Gasteiger charge is -2.21. The number of hydrogen-bond donors (Lipinski definition) is 2. The topological polar surface area (TPSA) is 89.3 Å². The minimum Gasteiger partial charge on any atom is -0.355 e. The van der Waals surface area contributed by atoms with Crippen molar-refractivity contribution in [3.8, 4) is 0 Å². The lowest BCUT2D eigenvalue weighted by molar-refractivity contribution is -0.120. The van der Waals surface area contributed by atoms with Crippen molar-refractivity contribution in [1.82, 2.24) is 5.32 Å². The van der Waals surface area contributed by atoms with Crippen molar-refractivity contribution in [2.45, 2.75) is 44.9 Å². The highest BCUT2D eigenvalue weighted by molar-refractivity contribution is 7.92. The summed E-state index contributed by atoms with van der Waals surface area (Å²) in [5.41, 5.74) is 4.83. The van der Waals surface area contributed by atoms with Crippen LogP contribution in [0, 0.1) is 0 Å². The van der Waals surface area contributed by atoms with Gasteiger partial charge in [-0.25, -0.2) is 8.42 Å². The van der Waals surface area contributed by atoms with Gasteiger partial charge in [-0.2, -0.15) is 0 Å². The van der Waals surface area contributed by atoms with Gasteiger partial charge < -0.3 is 11.1 Å². The van der Waals surface area contributed by atoms with E-state index >= 15 is 0 Å². The Hall–Kier alpha value is -0.620. The second kappa shape index (κ2) is 5.63. The van der Waals surface area contributed by atoms with Gasteiger partial charge in [0, 0.05) is 12.1 Å². The van der Waals surface area contributed by atoms with E-state index in [-0.39, 0.29) is 5.75 Å². The van der Waals surface area contributed by atoms with Gasteiger partial charge in [0.15, 0.2) is 9.84 Å². The summed E-state index contributed by atoms with van der Waals surface area (Å²) < 4.78 is 23.6. The van der Waals surface area contributed by atoms with E-state index in [1.54, 1.807) is 13.8 Å². The Morgan fingerprint density at radius 2 is 1.94 bits per heavy atom. The van der Waals surface area contributed by atoms with E-state index in [1.807, 2.05) is 6.92 Å². The monoisotopic (exact) mass is 250 g/mol. The Labute approximate surface area is 97.7 Å². The van der Waals surface area contributed by atoms with Gasteiger partial charge in [-0.05, 0) is 27.2 Å². The molecule has 0 radical (unpaired) electrons. The van der Waals surface area contributed by atoms with Crippen LogP contribution in [0.3, 0.4) is 0 Å². The molecule has 0 rings (SSSR count). The molecule has 0 spiro atoms. The second-order valence-electron chi connectivity index (χ2n) is 4.73. The first kappa shape index (κ1) is 15.4. The van der Waals surface area contributed by atoms with E-state index in [9.17, 15) is 13.2 Å². The van der Waals surface area contributed by atoms with Crippen LogP contribution < -0.4 is 11.1 Å². The van der Waals surface area contributed by atoms with Gasteiger partial charge in [-0.15, -0.1) is 0 Å². The smallest absolute Gasteiger partial charge is 0.238 e. The number of rotatable bonds is 6. The molecule has 0 aromatic rings. The molecule has 3 N–H and O–H groups in total. The molecule has 6 heteroatoms. The van der Waals surface area contributed by atoms with Crippen LogP contribution in [-0.4, -0.2) is 37.4 Å². The Kier molecular flexibility index (Phi) is 5.41. The highest BCUT2D eigenvalue weighted by Gasteiger charge is 2.31. The minimum absolute atomic E-state index is 0.194. The number of nitrogens with two attached hydrogens (primary N) is 1. The van der Waals surface area contributed by atoms with E-state index in [1.165, 1.54) is 6.92 Å². The van der Waals surface area contributed by atoms with Crippen molar-refractivity contribution >= 4 is 15.7 Å². The summed E-state index contributed by atoms with van der Waals surface area (Å²) in [4.78, 5) is 11.5. The zero-order valence-corrected chi connectivity index (χ0v) is 11.2. The van der Waals surface area contributed by atoms with Crippen LogP contribution in [0.1, 0.15) is 34.1 Å². The molecule has 0 aliphatic carbocycles. The SMILES string of the molecule is CCCNC(=O)C(C)S(=O)(=O)CC(C)(C)N. The van der Waals surface area contributed by atoms with Gasteiger partial charge in [0.2, 0.25) is 5.91 Å². The molecule has 1 amide bonds. The van der Waals surface area contributed by atoms with Crippen molar-refractivity contribution in [3.63, 3.8) is 0 Å². The Morgan fingerprint density at radius 3 is 2.31 bits per heavy atom. The lowest BCUT2D eigenvalue weighted by Crippen LogP contribution is -2.46. The van der Waals surface area contributed by atoms with Crippen molar-refractivity contribution in [2.75, 3.05) is 12.3 Å². The molecule has 0 aromatic heterocycles. The number of amides is 1. The number of hydrogen-bond acceptors (Lipinski definition) is 4. The Balaban J connectivity index is 4.58. The molecule has 0 aliphatic rings. The first-order valence-electron chi connectivity index (χ1n) is 5.38. The molecule has 1 unspecified atom stereocenters. The fourth-order valence-corrected chi connectivity index (χ4v) is 2.90. The summed E-state index contributed by atoms with van der Waals surface area (Å²) in [5, 5.41) is 1.53. The minimum atomic E-state index is -3.48. The zero-order chi connectivity index (χ0) is 13.0. The van der Waals surface area contributed by atoms with Crippen LogP contribution in [0.4, 0.5) is 0 Å². The van der Waals surface area contributed by atoms with E-state index in [0.29, 0.717) is 6.54 Å². The van der Waals surface area contributed by atoms with Gasteiger partial charge in [0.1, 0.15) is 5.25 Å². The Bertz CT molecular complexity index is 330. The van der Waals surface area contributed by atoms with Crippen LogP contribution in [0.25, 0.3) is 0 Å². The summed E-state index contributed by atoms with van der Waals surface area (Å²) in [6.45, 7) is 7.04. The standard InChI is InChI=1S/C10H22N2O3S/c1-5-6-12-9(13)8(2)16(14,15)7-10(3,4)11/h8H,5-7,11H2,1-4H3,(H,12,13). The first-order chi connectivity index (χ1) is 7.10. The van der Waals surface area contributed by atoms with Crippen LogP contribution in [0.2, 0.25) is 0 Å². The molecule has 5 nitrogen and oxygen atoms in total. The van der Waals surface area contributed by atoms with E-state index in [2.05, 4.69) is 5.32 Å². The average molecular weight is 250 g/mol. The summed E-state index contributed by atoms with van der Waals surface area (Å²) in [6, 6.07) is 0. The van der Waals surface area contributed by atoms with Crippen LogP contribution >= 0.6 is 0 Å². The highest BCUT2D eigenvalue weighted by atomic mass is 32.2. The summed E-state index contributed by atoms with van der Waals surface area (Å²) >= 11 is 0. The molecule has 0 heterocycles. The van der Waals surface area contributed by atoms with Crippen LogP contribution in [-0.2, 0) is 14.6 Å². The molecule has 16 heavy (non-hydrogen) atoms. The average Bonchev–Trinajstić information content (AvgIpc) is 2.09. The lowest BCUT2D eigenvalue weighted by atomic mass is 10.1. The van der Waals surface area contributed by atoms with Gasteiger partial charge in [0.05, 0.1) is 5.75 Å². The fraction of sp³-hybridized carbons (Fsp3) is 0.900. The van der Waals surface area contributed by atoms with E-state index in [4.69, 9.17) is 5.73 Å². The molecule has 0 bridgehead atoms. The largest absolute Gasteiger partial charge is 0.355 e. The molecule has 0 fully saturated rings. The summed E-state index contributed by atoms with van der Waals surface area (Å²) in [6.07, 6.45) is 0.779. The number of nitrogens with one attached hydrogen (secondary N) is 1. The third kappa shape index (κ3) is 5.46. The Morgan fingerprint density at radius 1 is 1.44 bits per heavy atom. The van der Waals surface area contributed by atoms with Crippen molar-refractivity contribution in [2.24, 2.45) is 5.73 Å². The van der Waals surface area contributed by atoms with Crippen LogP contribution in [0.15, 0.2) is 0 Å². The van der Waals surface area contributed by atoms with Crippen molar-refractivity contribution < 1.29 is 13.2 Å². The molecule has 0 aliphatic heterocycles. The number of carbonyl (C=O) groups is 1. The fourth-order valence-electron chi connectivity index (χ4n) is 1.20. The van der Waals surface area contributed by atoms with Gasteiger partial charge in [-0.1, -0.05) is 6.92 Å². The summed E-state index contributed by atoms with van der Waals surface area (Å²) in [7, 11) is -3.48. The predicted molar refractivity (Wildman–Crippen MR) is 64.8 cm³/mol. The normalized spacial score (nSPS) is 14.6. The maximum Gasteiger partial charge on any atom is 0.238 e. The molecule has 1 atom stereocenters. The van der Waals surface area contributed by atoms with Crippen molar-refractivity contribution in [1.29, 1.82) is 0 Å². The number of sulfone groups is 1. The van der Waals surface area contributed by atoms with Gasteiger partial charge in [0.25, 0.3) is 0 Å². The van der Waals surface area contributed by atoms with Crippen molar-refractivity contribution in [3.05, 3.63) is 0 Å². The molecule has 0 saturated heterocycles. The molecule has 96 valence electrons. The molecular weight excluding hydrogens is 228 g/mol. The zero-order valence-electron chi connectivity index (χ0n) is 10.4. The third-order valence-electron chi connectivity index (χ3n) is 2.03. The first-order valence-corrected chi connectivity index (χ1v) is 7.10. The summed E-state index contributed by atoms with van der Waals surface area (Å²) in [5.74, 6) is -0.646. The van der Waals surface area contributed by atoms with Gasteiger partial charge in [-0.3, -0.25) is 4.79 Å².